The number of nitrogens with zero attached hydrogens (tertiary/aromatic N) is 2. The van der Waals surface area contributed by atoms with Crippen LogP contribution in [0.3, 0.4) is 0 Å². The van der Waals surface area contributed by atoms with E-state index >= 15 is 0 Å². The van der Waals surface area contributed by atoms with Gasteiger partial charge in [-0.3, -0.25) is 0 Å². The first kappa shape index (κ1) is 13.1. The molecule has 0 saturated carbocycles. The SMILES string of the molecule is NCc1cn(Cc2ccc(F)cc2Cl)c2ncccc12. The standard InChI is InChI=1S/C15H13ClFN3/c16-14-6-12(17)4-3-10(14)8-20-9-11(7-18)13-2-1-5-19-15(13)20/h1-6,9H,7-8,18H2. The summed E-state index contributed by atoms with van der Waals surface area (Å²) < 4.78 is 15.1. The van der Waals surface area contributed by atoms with Gasteiger partial charge in [-0.25, -0.2) is 9.37 Å². The molecule has 0 saturated heterocycles. The van der Waals surface area contributed by atoms with Gasteiger partial charge in [0, 0.05) is 29.3 Å². The van der Waals surface area contributed by atoms with Crippen LogP contribution in [0.4, 0.5) is 4.39 Å². The lowest BCUT2D eigenvalue weighted by Gasteiger charge is -2.07. The van der Waals surface area contributed by atoms with E-state index < -0.39 is 0 Å². The Hall–Kier alpha value is -1.91. The van der Waals surface area contributed by atoms with Gasteiger partial charge in [-0.2, -0.15) is 0 Å². The van der Waals surface area contributed by atoms with Crippen molar-refractivity contribution in [2.24, 2.45) is 5.73 Å². The summed E-state index contributed by atoms with van der Waals surface area (Å²) in [5.74, 6) is -0.336. The molecule has 0 bridgehead atoms. The summed E-state index contributed by atoms with van der Waals surface area (Å²) in [6.07, 6.45) is 3.71. The topological polar surface area (TPSA) is 43.8 Å². The molecular weight excluding hydrogens is 277 g/mol. The minimum atomic E-state index is -0.336. The van der Waals surface area contributed by atoms with Crippen LogP contribution in [0, 0.1) is 5.82 Å². The smallest absolute Gasteiger partial charge is 0.140 e. The van der Waals surface area contributed by atoms with E-state index in [0.717, 1.165) is 22.2 Å². The average molecular weight is 290 g/mol. The molecule has 0 aliphatic heterocycles. The monoisotopic (exact) mass is 289 g/mol. The zero-order chi connectivity index (χ0) is 14.1. The van der Waals surface area contributed by atoms with E-state index in [0.29, 0.717) is 18.1 Å². The van der Waals surface area contributed by atoms with Crippen LogP contribution in [-0.4, -0.2) is 9.55 Å². The van der Waals surface area contributed by atoms with Crippen molar-refractivity contribution >= 4 is 22.6 Å². The van der Waals surface area contributed by atoms with Crippen LogP contribution in [0.2, 0.25) is 5.02 Å². The summed E-state index contributed by atoms with van der Waals surface area (Å²) in [6, 6.07) is 8.29. The summed E-state index contributed by atoms with van der Waals surface area (Å²) in [5, 5.41) is 1.45. The lowest BCUT2D eigenvalue weighted by atomic mass is 10.2. The fourth-order valence-corrected chi connectivity index (χ4v) is 2.54. The third kappa shape index (κ3) is 2.28. The van der Waals surface area contributed by atoms with Gasteiger partial charge in [0.05, 0.1) is 6.54 Å². The van der Waals surface area contributed by atoms with Crippen LogP contribution in [0.5, 0.6) is 0 Å². The Kier molecular flexibility index (Phi) is 3.42. The lowest BCUT2D eigenvalue weighted by molar-refractivity contribution is 0.626. The lowest BCUT2D eigenvalue weighted by Crippen LogP contribution is -2.00. The van der Waals surface area contributed by atoms with E-state index in [4.69, 9.17) is 17.3 Å². The fourth-order valence-electron chi connectivity index (χ4n) is 2.31. The molecule has 0 atom stereocenters. The maximum atomic E-state index is 13.1. The maximum Gasteiger partial charge on any atom is 0.140 e. The third-order valence-corrected chi connectivity index (χ3v) is 3.64. The van der Waals surface area contributed by atoms with Gasteiger partial charge < -0.3 is 10.3 Å². The highest BCUT2D eigenvalue weighted by Crippen LogP contribution is 2.23. The zero-order valence-electron chi connectivity index (χ0n) is 10.7. The molecule has 20 heavy (non-hydrogen) atoms. The van der Waals surface area contributed by atoms with Gasteiger partial charge in [0.1, 0.15) is 11.5 Å². The number of hydrogen-bond donors (Lipinski definition) is 1. The summed E-state index contributed by atoms with van der Waals surface area (Å²) in [5.41, 5.74) is 8.49. The molecular formula is C15H13ClFN3. The van der Waals surface area contributed by atoms with Gasteiger partial charge in [-0.15, -0.1) is 0 Å². The molecule has 0 radical (unpaired) electrons. The number of fused-ring (bicyclic) bond motifs is 1. The molecule has 0 fully saturated rings. The Morgan fingerprint density at radius 3 is 2.85 bits per heavy atom. The first-order valence-electron chi connectivity index (χ1n) is 6.26. The van der Waals surface area contributed by atoms with Gasteiger partial charge >= 0.3 is 0 Å². The number of nitrogens with two attached hydrogens (primary N) is 1. The molecule has 5 heteroatoms. The van der Waals surface area contributed by atoms with Crippen molar-refractivity contribution < 1.29 is 4.39 Å². The van der Waals surface area contributed by atoms with Gasteiger partial charge in [0.2, 0.25) is 0 Å². The van der Waals surface area contributed by atoms with E-state index in [9.17, 15) is 4.39 Å². The predicted octanol–water partition coefficient (Wildman–Crippen LogP) is 3.34. The van der Waals surface area contributed by atoms with E-state index in [-0.39, 0.29) is 5.82 Å². The molecule has 102 valence electrons. The maximum absolute atomic E-state index is 13.1. The van der Waals surface area contributed by atoms with E-state index in [1.165, 1.54) is 12.1 Å². The molecule has 1 aromatic carbocycles. The van der Waals surface area contributed by atoms with Crippen LogP contribution >= 0.6 is 11.6 Å². The Morgan fingerprint density at radius 2 is 2.10 bits per heavy atom. The first-order chi connectivity index (χ1) is 9.69. The number of pyridine rings is 1. The van der Waals surface area contributed by atoms with Crippen molar-refractivity contribution in [1.29, 1.82) is 0 Å². The van der Waals surface area contributed by atoms with E-state index in [1.807, 2.05) is 22.9 Å². The average Bonchev–Trinajstić information content (AvgIpc) is 2.80. The Labute approximate surface area is 120 Å². The molecule has 2 N–H and O–H groups in total. The van der Waals surface area contributed by atoms with Gasteiger partial charge in [-0.1, -0.05) is 17.7 Å². The van der Waals surface area contributed by atoms with Crippen molar-refractivity contribution in [3.05, 3.63) is 64.7 Å². The van der Waals surface area contributed by atoms with Crippen LogP contribution < -0.4 is 5.73 Å². The zero-order valence-corrected chi connectivity index (χ0v) is 11.4. The Bertz CT molecular complexity index is 767. The molecule has 3 aromatic rings. The van der Waals surface area contributed by atoms with Crippen LogP contribution in [0.15, 0.2) is 42.7 Å². The fraction of sp³-hybridized carbons (Fsp3) is 0.133. The van der Waals surface area contributed by atoms with Crippen LogP contribution in [0.1, 0.15) is 11.1 Å². The molecule has 0 spiro atoms. The molecule has 3 nitrogen and oxygen atoms in total. The Morgan fingerprint density at radius 1 is 1.25 bits per heavy atom. The third-order valence-electron chi connectivity index (χ3n) is 3.29. The number of rotatable bonds is 3. The van der Waals surface area contributed by atoms with Crippen molar-refractivity contribution in [3.63, 3.8) is 0 Å². The summed E-state index contributed by atoms with van der Waals surface area (Å²) in [4.78, 5) is 4.38. The second-order valence-electron chi connectivity index (χ2n) is 4.60. The molecule has 0 amide bonds. The second-order valence-corrected chi connectivity index (χ2v) is 5.00. The predicted molar refractivity (Wildman–Crippen MR) is 78.1 cm³/mol. The normalized spacial score (nSPS) is 11.2. The minimum absolute atomic E-state index is 0.336. The number of benzene rings is 1. The largest absolute Gasteiger partial charge is 0.328 e. The van der Waals surface area contributed by atoms with Crippen molar-refractivity contribution in [3.8, 4) is 0 Å². The van der Waals surface area contributed by atoms with E-state index in [2.05, 4.69) is 4.98 Å². The van der Waals surface area contributed by atoms with Crippen LogP contribution in [-0.2, 0) is 13.1 Å². The highest BCUT2D eigenvalue weighted by molar-refractivity contribution is 6.31. The minimum Gasteiger partial charge on any atom is -0.328 e. The molecule has 0 aliphatic carbocycles. The van der Waals surface area contributed by atoms with Gasteiger partial charge in [-0.05, 0) is 35.4 Å². The molecule has 0 aliphatic rings. The highest BCUT2D eigenvalue weighted by atomic mass is 35.5. The quantitative estimate of drug-likeness (QED) is 0.804. The summed E-state index contributed by atoms with van der Waals surface area (Å²) >= 11 is 6.07. The Balaban J connectivity index is 2.06. The molecule has 2 heterocycles. The summed E-state index contributed by atoms with van der Waals surface area (Å²) in [6.45, 7) is 0.985. The van der Waals surface area contributed by atoms with Crippen molar-refractivity contribution in [1.82, 2.24) is 9.55 Å². The first-order valence-corrected chi connectivity index (χ1v) is 6.63. The van der Waals surface area contributed by atoms with Crippen molar-refractivity contribution in [2.75, 3.05) is 0 Å². The molecule has 3 rings (SSSR count). The highest BCUT2D eigenvalue weighted by Gasteiger charge is 2.10. The van der Waals surface area contributed by atoms with E-state index in [1.54, 1.807) is 12.3 Å². The second kappa shape index (κ2) is 5.23. The number of halogens is 2. The van der Waals surface area contributed by atoms with Gasteiger partial charge in [0.25, 0.3) is 0 Å². The van der Waals surface area contributed by atoms with Gasteiger partial charge in [0.15, 0.2) is 0 Å². The summed E-state index contributed by atoms with van der Waals surface area (Å²) in [7, 11) is 0. The number of hydrogen-bond acceptors (Lipinski definition) is 2. The number of aromatic nitrogens is 2. The van der Waals surface area contributed by atoms with Crippen LogP contribution in [0.25, 0.3) is 11.0 Å². The van der Waals surface area contributed by atoms with Crippen molar-refractivity contribution in [2.45, 2.75) is 13.1 Å². The molecule has 2 aromatic heterocycles. The molecule has 0 unspecified atom stereocenters.